The predicted octanol–water partition coefficient (Wildman–Crippen LogP) is 2.46. The van der Waals surface area contributed by atoms with E-state index >= 15 is 0 Å². The topological polar surface area (TPSA) is 50.4 Å². The van der Waals surface area contributed by atoms with Gasteiger partial charge < -0.3 is 21.1 Å². The monoisotopic (exact) mass is 322 g/mol. The van der Waals surface area contributed by atoms with Crippen molar-refractivity contribution in [2.24, 2.45) is 5.92 Å². The van der Waals surface area contributed by atoms with Gasteiger partial charge in [-0.05, 0) is 46.5 Å². The number of halogens is 1. The number of benzene rings is 2. The minimum atomic E-state index is -0.289. The van der Waals surface area contributed by atoms with Gasteiger partial charge in [-0.15, -0.1) is 0 Å². The molecule has 122 valence electrons. The van der Waals surface area contributed by atoms with Crippen LogP contribution in [0, 0.1) is 16.9 Å². The number of hydrazine groups is 1. The van der Waals surface area contributed by atoms with E-state index in [2.05, 4.69) is 16.9 Å². The third-order valence-electron chi connectivity index (χ3n) is 4.36. The summed E-state index contributed by atoms with van der Waals surface area (Å²) in [5.74, 6) is -0.247. The van der Waals surface area contributed by atoms with Gasteiger partial charge in [0.25, 0.3) is 0 Å². The van der Waals surface area contributed by atoms with Gasteiger partial charge >= 0.3 is 0 Å². The molecule has 0 atom stereocenters. The Labute approximate surface area is 139 Å². The van der Waals surface area contributed by atoms with Crippen molar-refractivity contribution in [2.45, 2.75) is 13.8 Å². The molecule has 5 heteroatoms. The molecule has 0 spiro atoms. The molecule has 0 amide bonds. The van der Waals surface area contributed by atoms with E-state index in [-0.39, 0.29) is 11.7 Å². The minimum Gasteiger partial charge on any atom is -0.754 e. The zero-order valence-electron chi connectivity index (χ0n) is 13.4. The molecule has 4 rings (SSSR count). The molecule has 0 fully saturated rings. The third kappa shape index (κ3) is 2.25. The summed E-state index contributed by atoms with van der Waals surface area (Å²) in [4.78, 5) is 0. The highest BCUT2D eigenvalue weighted by Crippen LogP contribution is 2.33. The van der Waals surface area contributed by atoms with Crippen LogP contribution in [0.2, 0.25) is 0 Å². The normalized spacial score (nSPS) is 15.3. The van der Waals surface area contributed by atoms with Crippen molar-refractivity contribution in [3.63, 3.8) is 0 Å². The first-order valence-corrected chi connectivity index (χ1v) is 7.89. The van der Waals surface area contributed by atoms with Crippen LogP contribution in [0.1, 0.15) is 25.0 Å². The zero-order valence-corrected chi connectivity index (χ0v) is 13.4. The van der Waals surface area contributed by atoms with Crippen LogP contribution in [0.4, 0.5) is 10.1 Å². The molecule has 0 saturated heterocycles. The Morgan fingerprint density at radius 3 is 2.54 bits per heavy atom. The lowest BCUT2D eigenvalue weighted by Crippen LogP contribution is -2.28. The van der Waals surface area contributed by atoms with E-state index in [1.54, 1.807) is 18.3 Å². The Hall–Kier alpha value is -2.79. The SMILES string of the molecule is CC(C)C1=C(c2ccc(F)cc2)c2cc3c(cc2=CN1[O-])NNC=3. The molecule has 0 unspecified atom stereocenters. The average molecular weight is 322 g/mol. The highest BCUT2D eigenvalue weighted by molar-refractivity contribution is 5.85. The van der Waals surface area contributed by atoms with Gasteiger partial charge in [-0.3, -0.25) is 0 Å². The van der Waals surface area contributed by atoms with E-state index < -0.39 is 0 Å². The summed E-state index contributed by atoms with van der Waals surface area (Å²) in [6.07, 6.45) is 3.49. The van der Waals surface area contributed by atoms with Gasteiger partial charge in [-0.1, -0.05) is 26.0 Å². The van der Waals surface area contributed by atoms with Gasteiger partial charge in [0.2, 0.25) is 0 Å². The van der Waals surface area contributed by atoms with Crippen molar-refractivity contribution < 1.29 is 4.39 Å². The molecular weight excluding hydrogens is 305 g/mol. The number of hydrogen-bond donors (Lipinski definition) is 2. The molecule has 0 aromatic heterocycles. The van der Waals surface area contributed by atoms with Crippen molar-refractivity contribution >= 4 is 23.7 Å². The summed E-state index contributed by atoms with van der Waals surface area (Å²) in [6.45, 7) is 3.98. The second kappa shape index (κ2) is 5.39. The van der Waals surface area contributed by atoms with Crippen molar-refractivity contribution in [1.82, 2.24) is 10.5 Å². The molecule has 2 aromatic carbocycles. The Kier molecular flexibility index (Phi) is 3.32. The van der Waals surface area contributed by atoms with E-state index in [0.717, 1.165) is 37.9 Å². The standard InChI is InChI=1S/C19H17FN3O/c1-11(2)19-18(12-3-5-15(20)6-4-12)16-7-13-9-21-22-17(13)8-14(16)10-23(19)24/h3-11,21-22H,1-2H3/q-1. The van der Waals surface area contributed by atoms with Crippen LogP contribution in [0.3, 0.4) is 0 Å². The summed E-state index contributed by atoms with van der Waals surface area (Å²) in [5, 5.41) is 15.4. The van der Waals surface area contributed by atoms with Crippen molar-refractivity contribution in [2.75, 3.05) is 5.43 Å². The number of nitrogens with one attached hydrogen (secondary N) is 2. The Morgan fingerprint density at radius 1 is 1.08 bits per heavy atom. The second-order valence-electron chi connectivity index (χ2n) is 6.32. The number of anilines is 1. The van der Waals surface area contributed by atoms with E-state index in [1.165, 1.54) is 12.1 Å². The maximum Gasteiger partial charge on any atom is 0.123 e. The largest absolute Gasteiger partial charge is 0.754 e. The lowest BCUT2D eigenvalue weighted by Gasteiger charge is -2.37. The molecule has 2 aliphatic rings. The minimum absolute atomic E-state index is 0.0421. The van der Waals surface area contributed by atoms with Gasteiger partial charge in [0.1, 0.15) is 5.82 Å². The van der Waals surface area contributed by atoms with E-state index in [1.807, 2.05) is 26.1 Å². The second-order valence-corrected chi connectivity index (χ2v) is 6.32. The maximum absolute atomic E-state index is 13.3. The van der Waals surface area contributed by atoms with Gasteiger partial charge in [0.05, 0.1) is 5.69 Å². The smallest absolute Gasteiger partial charge is 0.123 e. The lowest BCUT2D eigenvalue weighted by atomic mass is 9.88. The lowest BCUT2D eigenvalue weighted by molar-refractivity contribution is 0.561. The number of rotatable bonds is 2. The van der Waals surface area contributed by atoms with Crippen LogP contribution in [0.25, 0.3) is 18.0 Å². The van der Waals surface area contributed by atoms with Gasteiger partial charge in [0, 0.05) is 28.9 Å². The summed E-state index contributed by atoms with van der Waals surface area (Å²) < 4.78 is 13.3. The predicted molar refractivity (Wildman–Crippen MR) is 93.8 cm³/mol. The average Bonchev–Trinajstić information content (AvgIpc) is 2.99. The molecule has 4 nitrogen and oxygen atoms in total. The molecule has 2 heterocycles. The summed E-state index contributed by atoms with van der Waals surface area (Å²) in [6, 6.07) is 10.3. The van der Waals surface area contributed by atoms with Crippen molar-refractivity contribution in [3.05, 3.63) is 74.7 Å². The van der Waals surface area contributed by atoms with Gasteiger partial charge in [-0.25, -0.2) is 4.39 Å². The maximum atomic E-state index is 13.3. The first-order chi connectivity index (χ1) is 11.5. The van der Waals surface area contributed by atoms with Crippen LogP contribution in [0.5, 0.6) is 0 Å². The van der Waals surface area contributed by atoms with Crippen molar-refractivity contribution in [1.29, 1.82) is 0 Å². The fourth-order valence-corrected chi connectivity index (χ4v) is 3.28. The van der Waals surface area contributed by atoms with Crippen LogP contribution >= 0.6 is 0 Å². The third-order valence-corrected chi connectivity index (χ3v) is 4.36. The Morgan fingerprint density at radius 2 is 1.83 bits per heavy atom. The van der Waals surface area contributed by atoms with Crippen LogP contribution in [-0.4, -0.2) is 5.06 Å². The number of allylic oxidation sites excluding steroid dienone is 1. The first-order valence-electron chi connectivity index (χ1n) is 7.89. The molecule has 0 bridgehead atoms. The molecule has 24 heavy (non-hydrogen) atoms. The van der Waals surface area contributed by atoms with Gasteiger partial charge in [-0.2, -0.15) is 0 Å². The molecule has 2 aliphatic heterocycles. The number of hydroxylamine groups is 2. The molecule has 0 saturated carbocycles. The van der Waals surface area contributed by atoms with E-state index in [0.29, 0.717) is 5.70 Å². The molecule has 2 aromatic rings. The number of fused-ring (bicyclic) bond motifs is 2. The molecular formula is C19H17FN3O-. The number of hydrogen-bond acceptors (Lipinski definition) is 4. The summed E-state index contributed by atoms with van der Waals surface area (Å²) in [7, 11) is 0. The quantitative estimate of drug-likeness (QED) is 0.892. The highest BCUT2D eigenvalue weighted by Gasteiger charge is 2.21. The van der Waals surface area contributed by atoms with Crippen LogP contribution in [0.15, 0.2) is 42.1 Å². The molecule has 0 aliphatic carbocycles. The first kappa shape index (κ1) is 14.8. The van der Waals surface area contributed by atoms with Gasteiger partial charge in [0.15, 0.2) is 0 Å². The molecule has 2 N–H and O–H groups in total. The van der Waals surface area contributed by atoms with Crippen LogP contribution in [-0.2, 0) is 0 Å². The molecule has 0 radical (unpaired) electrons. The Bertz CT molecular complexity index is 961. The summed E-state index contributed by atoms with van der Waals surface area (Å²) in [5.41, 5.74) is 10.3. The fraction of sp³-hybridized carbons (Fsp3) is 0.158. The van der Waals surface area contributed by atoms with Crippen LogP contribution < -0.4 is 21.3 Å². The highest BCUT2D eigenvalue weighted by atomic mass is 19.1. The Balaban J connectivity index is 2.04. The zero-order chi connectivity index (χ0) is 16.8. The fourth-order valence-electron chi connectivity index (χ4n) is 3.28. The number of nitrogens with zero attached hydrogens (tertiary/aromatic N) is 1. The summed E-state index contributed by atoms with van der Waals surface area (Å²) >= 11 is 0. The van der Waals surface area contributed by atoms with E-state index in [9.17, 15) is 9.60 Å². The van der Waals surface area contributed by atoms with Crippen molar-refractivity contribution in [3.8, 4) is 0 Å². The van der Waals surface area contributed by atoms with E-state index in [4.69, 9.17) is 0 Å².